The molecule has 7 heteroatoms. The van der Waals surface area contributed by atoms with Crippen LogP contribution in [0.15, 0.2) is 11.3 Å². The van der Waals surface area contributed by atoms with Crippen molar-refractivity contribution < 1.29 is 0 Å². The van der Waals surface area contributed by atoms with Gasteiger partial charge < -0.3 is 15.2 Å². The number of hydrogen-bond donors (Lipinski definition) is 2. The quantitative estimate of drug-likeness (QED) is 0.569. The standard InChI is InChI=1S/C14H29N7/c1-11(2)21(12(3)4)8-7-16-14(15-5)17-9-13-19-18-10-20(13)6/h10-12H,7-9H2,1-6H3,(H2,15,16,17). The van der Waals surface area contributed by atoms with Gasteiger partial charge in [0.15, 0.2) is 11.8 Å². The molecule has 1 heterocycles. The summed E-state index contributed by atoms with van der Waals surface area (Å²) in [6.07, 6.45) is 1.69. The van der Waals surface area contributed by atoms with Gasteiger partial charge in [-0.15, -0.1) is 10.2 Å². The van der Waals surface area contributed by atoms with Gasteiger partial charge in [0.05, 0.1) is 6.54 Å². The third-order valence-electron chi connectivity index (χ3n) is 3.43. The molecule has 2 N–H and O–H groups in total. The third-order valence-corrected chi connectivity index (χ3v) is 3.43. The molecule has 0 unspecified atom stereocenters. The summed E-state index contributed by atoms with van der Waals surface area (Å²) >= 11 is 0. The molecule has 0 aliphatic carbocycles. The van der Waals surface area contributed by atoms with Crippen LogP contribution >= 0.6 is 0 Å². The van der Waals surface area contributed by atoms with E-state index in [1.807, 2.05) is 11.6 Å². The monoisotopic (exact) mass is 295 g/mol. The van der Waals surface area contributed by atoms with Crippen molar-refractivity contribution >= 4 is 5.96 Å². The van der Waals surface area contributed by atoms with Crippen LogP contribution in [0, 0.1) is 0 Å². The Morgan fingerprint density at radius 2 is 1.95 bits per heavy atom. The number of hydrogen-bond acceptors (Lipinski definition) is 4. The highest BCUT2D eigenvalue weighted by Crippen LogP contribution is 2.03. The molecule has 0 bridgehead atoms. The Kier molecular flexibility index (Phi) is 7.14. The number of aliphatic imine (C=N–C) groups is 1. The summed E-state index contributed by atoms with van der Waals surface area (Å²) in [4.78, 5) is 6.67. The fourth-order valence-corrected chi connectivity index (χ4v) is 2.27. The van der Waals surface area contributed by atoms with Crippen LogP contribution in [0.25, 0.3) is 0 Å². The van der Waals surface area contributed by atoms with Crippen molar-refractivity contribution in [3.05, 3.63) is 12.2 Å². The highest BCUT2D eigenvalue weighted by atomic mass is 15.3. The van der Waals surface area contributed by atoms with Crippen LogP contribution in [0.4, 0.5) is 0 Å². The summed E-state index contributed by atoms with van der Waals surface area (Å²) in [5.74, 6) is 1.66. The molecule has 0 aliphatic rings. The first-order valence-corrected chi connectivity index (χ1v) is 7.48. The maximum atomic E-state index is 4.22. The molecular formula is C14H29N7. The van der Waals surface area contributed by atoms with Crippen molar-refractivity contribution in [3.63, 3.8) is 0 Å². The molecule has 0 saturated heterocycles. The summed E-state index contributed by atoms with van der Waals surface area (Å²) in [5.41, 5.74) is 0. The van der Waals surface area contributed by atoms with Crippen LogP contribution in [-0.4, -0.2) is 57.8 Å². The van der Waals surface area contributed by atoms with Crippen LogP contribution in [0.5, 0.6) is 0 Å². The molecule has 1 aromatic rings. The smallest absolute Gasteiger partial charge is 0.191 e. The van der Waals surface area contributed by atoms with Crippen LogP contribution in [-0.2, 0) is 13.6 Å². The molecule has 0 radical (unpaired) electrons. The van der Waals surface area contributed by atoms with Crippen molar-refractivity contribution in [3.8, 4) is 0 Å². The SMILES string of the molecule is CN=C(NCCN(C(C)C)C(C)C)NCc1nncn1C. The van der Waals surface area contributed by atoms with Gasteiger partial charge in [-0.1, -0.05) is 0 Å². The van der Waals surface area contributed by atoms with Crippen molar-refractivity contribution in [1.29, 1.82) is 0 Å². The zero-order valence-electron chi connectivity index (χ0n) is 14.1. The molecule has 0 aliphatic heterocycles. The Morgan fingerprint density at radius 1 is 1.29 bits per heavy atom. The zero-order valence-corrected chi connectivity index (χ0v) is 14.1. The minimum absolute atomic E-state index is 0.542. The van der Waals surface area contributed by atoms with Crippen LogP contribution in [0.2, 0.25) is 0 Å². The minimum atomic E-state index is 0.542. The van der Waals surface area contributed by atoms with E-state index in [0.717, 1.165) is 24.9 Å². The second-order valence-corrected chi connectivity index (χ2v) is 5.64. The lowest BCUT2D eigenvalue weighted by atomic mass is 10.2. The van der Waals surface area contributed by atoms with Crippen molar-refractivity contribution in [1.82, 2.24) is 30.3 Å². The van der Waals surface area contributed by atoms with Crippen LogP contribution in [0.3, 0.4) is 0 Å². The van der Waals surface area contributed by atoms with Gasteiger partial charge in [0.25, 0.3) is 0 Å². The minimum Gasteiger partial charge on any atom is -0.355 e. The van der Waals surface area contributed by atoms with E-state index in [2.05, 4.69) is 58.4 Å². The van der Waals surface area contributed by atoms with E-state index in [4.69, 9.17) is 0 Å². The molecule has 0 spiro atoms. The molecule has 0 fully saturated rings. The first-order chi connectivity index (χ1) is 9.95. The van der Waals surface area contributed by atoms with Gasteiger partial charge in [-0.2, -0.15) is 0 Å². The Bertz CT molecular complexity index is 428. The van der Waals surface area contributed by atoms with E-state index in [1.54, 1.807) is 13.4 Å². The molecule has 1 aromatic heterocycles. The molecule has 21 heavy (non-hydrogen) atoms. The molecule has 0 amide bonds. The first kappa shape index (κ1) is 17.4. The molecular weight excluding hydrogens is 266 g/mol. The highest BCUT2D eigenvalue weighted by Gasteiger charge is 2.12. The summed E-state index contributed by atoms with van der Waals surface area (Å²) in [7, 11) is 3.70. The summed E-state index contributed by atoms with van der Waals surface area (Å²) in [6.45, 7) is 11.3. The van der Waals surface area contributed by atoms with E-state index in [-0.39, 0.29) is 0 Å². The Hall–Kier alpha value is -1.63. The van der Waals surface area contributed by atoms with Gasteiger partial charge in [-0.25, -0.2) is 0 Å². The Labute approximate surface area is 127 Å². The Balaban J connectivity index is 2.36. The van der Waals surface area contributed by atoms with Gasteiger partial charge in [-0.05, 0) is 27.7 Å². The molecule has 7 nitrogen and oxygen atoms in total. The van der Waals surface area contributed by atoms with Crippen molar-refractivity contribution in [2.24, 2.45) is 12.0 Å². The molecule has 0 aromatic carbocycles. The summed E-state index contributed by atoms with van der Waals surface area (Å²) in [5, 5.41) is 14.5. The van der Waals surface area contributed by atoms with Crippen LogP contribution < -0.4 is 10.6 Å². The Morgan fingerprint density at radius 3 is 2.43 bits per heavy atom. The molecule has 120 valence electrons. The van der Waals surface area contributed by atoms with E-state index in [1.165, 1.54) is 0 Å². The third kappa shape index (κ3) is 5.71. The lowest BCUT2D eigenvalue weighted by Gasteiger charge is -2.30. The fourth-order valence-electron chi connectivity index (χ4n) is 2.27. The van der Waals surface area contributed by atoms with Crippen molar-refractivity contribution in [2.45, 2.75) is 46.3 Å². The van der Waals surface area contributed by atoms with E-state index >= 15 is 0 Å². The maximum absolute atomic E-state index is 4.22. The van der Waals surface area contributed by atoms with Gasteiger partial charge in [0, 0.05) is 39.3 Å². The maximum Gasteiger partial charge on any atom is 0.191 e. The summed E-state index contributed by atoms with van der Waals surface area (Å²) in [6, 6.07) is 1.08. The number of aromatic nitrogens is 3. The molecule has 0 saturated carbocycles. The predicted octanol–water partition coefficient (Wildman–Crippen LogP) is 0.599. The largest absolute Gasteiger partial charge is 0.355 e. The second-order valence-electron chi connectivity index (χ2n) is 5.64. The normalized spacial score (nSPS) is 12.5. The number of rotatable bonds is 7. The topological polar surface area (TPSA) is 70.4 Å². The average Bonchev–Trinajstić information content (AvgIpc) is 2.82. The average molecular weight is 295 g/mol. The number of guanidine groups is 1. The number of aryl methyl sites for hydroxylation is 1. The van der Waals surface area contributed by atoms with Gasteiger partial charge in [-0.3, -0.25) is 9.89 Å². The zero-order chi connectivity index (χ0) is 15.8. The molecule has 1 rings (SSSR count). The lowest BCUT2D eigenvalue weighted by Crippen LogP contribution is -2.45. The summed E-state index contributed by atoms with van der Waals surface area (Å²) < 4.78 is 1.89. The van der Waals surface area contributed by atoms with Crippen molar-refractivity contribution in [2.75, 3.05) is 20.1 Å². The van der Waals surface area contributed by atoms with Crippen LogP contribution in [0.1, 0.15) is 33.5 Å². The highest BCUT2D eigenvalue weighted by molar-refractivity contribution is 5.79. The van der Waals surface area contributed by atoms with E-state index in [9.17, 15) is 0 Å². The van der Waals surface area contributed by atoms with Gasteiger partial charge in [0.1, 0.15) is 6.33 Å². The first-order valence-electron chi connectivity index (χ1n) is 7.48. The fraction of sp³-hybridized carbons (Fsp3) is 0.786. The van der Waals surface area contributed by atoms with E-state index < -0.39 is 0 Å². The number of nitrogens with zero attached hydrogens (tertiary/aromatic N) is 5. The van der Waals surface area contributed by atoms with Gasteiger partial charge in [0.2, 0.25) is 0 Å². The second kappa shape index (κ2) is 8.61. The molecule has 0 atom stereocenters. The number of nitrogens with one attached hydrogen (secondary N) is 2. The van der Waals surface area contributed by atoms with E-state index in [0.29, 0.717) is 18.6 Å². The lowest BCUT2D eigenvalue weighted by molar-refractivity contribution is 0.178. The van der Waals surface area contributed by atoms with Gasteiger partial charge >= 0.3 is 0 Å². The predicted molar refractivity (Wildman–Crippen MR) is 86.2 cm³/mol.